The molecule has 0 aromatic heterocycles. The fraction of sp³-hybridized carbons (Fsp3) is 0.409. The number of hydrogen-bond donors (Lipinski definition) is 2. The van der Waals surface area contributed by atoms with Crippen molar-refractivity contribution < 1.29 is 31.5 Å². The van der Waals surface area contributed by atoms with Crippen LogP contribution in [0.2, 0.25) is 0 Å². The van der Waals surface area contributed by atoms with Crippen LogP contribution in [0.15, 0.2) is 41.3 Å². The van der Waals surface area contributed by atoms with Crippen molar-refractivity contribution >= 4 is 27.4 Å². The third-order valence-corrected chi connectivity index (χ3v) is 6.86. The van der Waals surface area contributed by atoms with Crippen LogP contribution in [-0.4, -0.2) is 32.6 Å². The summed E-state index contributed by atoms with van der Waals surface area (Å²) >= 11 is 0. The van der Waals surface area contributed by atoms with Crippen molar-refractivity contribution in [1.29, 1.82) is 0 Å². The summed E-state index contributed by atoms with van der Waals surface area (Å²) in [5.41, 5.74) is -0.651. The number of carbonyl (C=O) groups is 1. The van der Waals surface area contributed by atoms with Crippen molar-refractivity contribution in [2.24, 2.45) is 0 Å². The maximum absolute atomic E-state index is 13.4. The highest BCUT2D eigenvalue weighted by Crippen LogP contribution is 2.38. The molecule has 0 saturated carbocycles. The molecule has 10 heteroatoms. The third-order valence-electron chi connectivity index (χ3n) is 5.44. The van der Waals surface area contributed by atoms with E-state index in [9.17, 15) is 31.5 Å². The Hall–Kier alpha value is -2.75. The predicted octanol–water partition coefficient (Wildman–Crippen LogP) is 5.32. The molecule has 174 valence electrons. The first-order valence-electron chi connectivity index (χ1n) is 10.3. The molecule has 0 atom stereocenters. The van der Waals surface area contributed by atoms with Crippen LogP contribution < -0.4 is 9.62 Å². The van der Waals surface area contributed by atoms with E-state index in [4.69, 9.17) is 0 Å². The average Bonchev–Trinajstić information content (AvgIpc) is 2.73. The molecule has 32 heavy (non-hydrogen) atoms. The predicted molar refractivity (Wildman–Crippen MR) is 116 cm³/mol. The minimum Gasteiger partial charge on any atom is -0.478 e. The van der Waals surface area contributed by atoms with Gasteiger partial charge in [-0.05, 0) is 61.1 Å². The van der Waals surface area contributed by atoms with Crippen LogP contribution in [-0.2, 0) is 16.2 Å². The lowest BCUT2D eigenvalue weighted by Crippen LogP contribution is -2.30. The molecular weight excluding hydrogens is 445 g/mol. The van der Waals surface area contributed by atoms with Crippen molar-refractivity contribution in [3.05, 3.63) is 53.1 Å². The van der Waals surface area contributed by atoms with Crippen LogP contribution in [0.5, 0.6) is 0 Å². The van der Waals surface area contributed by atoms with E-state index in [1.807, 2.05) is 4.90 Å². The minimum absolute atomic E-state index is 0.183. The van der Waals surface area contributed by atoms with Gasteiger partial charge in [0, 0.05) is 13.1 Å². The van der Waals surface area contributed by atoms with Gasteiger partial charge in [0.25, 0.3) is 10.0 Å². The van der Waals surface area contributed by atoms with Gasteiger partial charge in [0.2, 0.25) is 0 Å². The van der Waals surface area contributed by atoms with Gasteiger partial charge in [0.1, 0.15) is 0 Å². The summed E-state index contributed by atoms with van der Waals surface area (Å²) < 4.78 is 69.0. The molecule has 1 aliphatic rings. The molecule has 0 bridgehead atoms. The number of carboxylic acid groups (broad SMARTS) is 1. The molecule has 2 aromatic carbocycles. The summed E-state index contributed by atoms with van der Waals surface area (Å²) in [4.78, 5) is 13.0. The molecule has 0 aliphatic carbocycles. The topological polar surface area (TPSA) is 86.7 Å². The number of carboxylic acids is 1. The molecule has 0 radical (unpaired) electrons. The fourth-order valence-electron chi connectivity index (χ4n) is 3.78. The van der Waals surface area contributed by atoms with Gasteiger partial charge in [-0.1, -0.05) is 19.9 Å². The third kappa shape index (κ3) is 5.17. The Morgan fingerprint density at radius 3 is 2.28 bits per heavy atom. The minimum atomic E-state index is -4.65. The normalized spacial score (nSPS) is 15.1. The molecule has 0 amide bonds. The molecule has 0 spiro atoms. The first kappa shape index (κ1) is 23.9. The number of anilines is 2. The first-order valence-corrected chi connectivity index (χ1v) is 11.7. The van der Waals surface area contributed by atoms with Gasteiger partial charge in [-0.25, -0.2) is 13.2 Å². The number of nitrogens with zero attached hydrogens (tertiary/aromatic N) is 1. The number of benzene rings is 2. The number of rotatable bonds is 6. The molecule has 2 N–H and O–H groups in total. The molecule has 1 heterocycles. The second kappa shape index (κ2) is 9.01. The SMILES string of the molecule is CC(C)c1ccc(C(=O)O)cc1S(=O)(=O)Nc1cc(C(F)(F)F)ccc1N1CCCCC1. The summed E-state index contributed by atoms with van der Waals surface area (Å²) in [6.45, 7) is 4.70. The highest BCUT2D eigenvalue weighted by atomic mass is 32.2. The standard InChI is InChI=1S/C22H25F3N2O4S/c1-14(2)17-8-6-15(21(28)29)12-20(17)32(30,31)26-18-13-16(22(23,24)25)7-9-19(18)27-10-4-3-5-11-27/h6-9,12-14,26H,3-5,10-11H2,1-2H3,(H,28,29). The molecule has 1 saturated heterocycles. The Balaban J connectivity index is 2.12. The van der Waals surface area contributed by atoms with Crippen LogP contribution in [0.1, 0.15) is 60.5 Å². The maximum Gasteiger partial charge on any atom is 0.416 e. The quantitative estimate of drug-likeness (QED) is 0.597. The van der Waals surface area contributed by atoms with E-state index >= 15 is 0 Å². The fourth-order valence-corrected chi connectivity index (χ4v) is 5.24. The summed E-state index contributed by atoms with van der Waals surface area (Å²) in [5, 5.41) is 9.29. The van der Waals surface area contributed by atoms with E-state index < -0.39 is 27.7 Å². The van der Waals surface area contributed by atoms with E-state index in [2.05, 4.69) is 4.72 Å². The molecule has 1 fully saturated rings. The van der Waals surface area contributed by atoms with Crippen molar-refractivity contribution in [2.45, 2.75) is 50.1 Å². The lowest BCUT2D eigenvalue weighted by atomic mass is 10.0. The molecule has 2 aromatic rings. The lowest BCUT2D eigenvalue weighted by Gasteiger charge is -2.31. The first-order chi connectivity index (χ1) is 14.9. The second-order valence-electron chi connectivity index (χ2n) is 8.10. The number of piperidine rings is 1. The van der Waals surface area contributed by atoms with Crippen molar-refractivity contribution in [3.8, 4) is 0 Å². The zero-order valence-electron chi connectivity index (χ0n) is 17.7. The smallest absolute Gasteiger partial charge is 0.416 e. The van der Waals surface area contributed by atoms with Crippen molar-refractivity contribution in [2.75, 3.05) is 22.7 Å². The monoisotopic (exact) mass is 470 g/mol. The van der Waals surface area contributed by atoms with E-state index in [1.54, 1.807) is 13.8 Å². The summed E-state index contributed by atoms with van der Waals surface area (Å²) in [6.07, 6.45) is -1.94. The van der Waals surface area contributed by atoms with E-state index in [0.717, 1.165) is 37.5 Å². The number of sulfonamides is 1. The lowest BCUT2D eigenvalue weighted by molar-refractivity contribution is -0.137. The van der Waals surface area contributed by atoms with Gasteiger partial charge >= 0.3 is 12.1 Å². The van der Waals surface area contributed by atoms with Crippen LogP contribution in [0.3, 0.4) is 0 Å². The molecule has 0 unspecified atom stereocenters. The Morgan fingerprint density at radius 1 is 1.06 bits per heavy atom. The van der Waals surface area contributed by atoms with Crippen LogP contribution in [0.4, 0.5) is 24.5 Å². The number of hydrogen-bond acceptors (Lipinski definition) is 4. The molecule has 1 aliphatic heterocycles. The van der Waals surface area contributed by atoms with Crippen LogP contribution in [0.25, 0.3) is 0 Å². The van der Waals surface area contributed by atoms with Crippen molar-refractivity contribution in [1.82, 2.24) is 0 Å². The molecule has 3 rings (SSSR count). The van der Waals surface area contributed by atoms with E-state index in [0.29, 0.717) is 24.3 Å². The number of halogens is 3. The van der Waals surface area contributed by atoms with Gasteiger partial charge in [-0.15, -0.1) is 0 Å². The molecule has 6 nitrogen and oxygen atoms in total. The Bertz CT molecular complexity index is 1110. The number of aromatic carboxylic acids is 1. The zero-order valence-corrected chi connectivity index (χ0v) is 18.6. The van der Waals surface area contributed by atoms with Gasteiger partial charge in [0.15, 0.2) is 0 Å². The number of nitrogens with one attached hydrogen (secondary N) is 1. The maximum atomic E-state index is 13.4. The number of alkyl halides is 3. The van der Waals surface area contributed by atoms with Crippen molar-refractivity contribution in [3.63, 3.8) is 0 Å². The second-order valence-corrected chi connectivity index (χ2v) is 9.75. The Kier molecular flexibility index (Phi) is 6.73. The Labute approximate surface area is 185 Å². The summed E-state index contributed by atoms with van der Waals surface area (Å²) in [5.74, 6) is -1.56. The van der Waals surface area contributed by atoms with Gasteiger partial charge in [-0.3, -0.25) is 4.72 Å². The average molecular weight is 471 g/mol. The largest absolute Gasteiger partial charge is 0.478 e. The van der Waals surface area contributed by atoms with E-state index in [-0.39, 0.29) is 22.1 Å². The summed E-state index contributed by atoms with van der Waals surface area (Å²) in [6, 6.07) is 6.77. The van der Waals surface area contributed by atoms with Crippen LogP contribution >= 0.6 is 0 Å². The molecular formula is C22H25F3N2O4S. The highest BCUT2D eigenvalue weighted by Gasteiger charge is 2.33. The van der Waals surface area contributed by atoms with E-state index in [1.165, 1.54) is 18.2 Å². The highest BCUT2D eigenvalue weighted by molar-refractivity contribution is 7.92. The van der Waals surface area contributed by atoms with Gasteiger partial charge in [-0.2, -0.15) is 13.2 Å². The van der Waals surface area contributed by atoms with Gasteiger partial charge in [0.05, 0.1) is 27.4 Å². The Morgan fingerprint density at radius 2 is 1.72 bits per heavy atom. The van der Waals surface area contributed by atoms with Gasteiger partial charge < -0.3 is 10.0 Å². The van der Waals surface area contributed by atoms with Crippen LogP contribution in [0, 0.1) is 0 Å². The summed E-state index contributed by atoms with van der Waals surface area (Å²) in [7, 11) is -4.38. The zero-order chi connectivity index (χ0) is 23.7.